The van der Waals surface area contributed by atoms with Crippen LogP contribution < -0.4 is 10.0 Å². The normalized spacial score (nSPS) is 26.6. The molecule has 1 aliphatic carbocycles. The van der Waals surface area contributed by atoms with Gasteiger partial charge < -0.3 is 5.32 Å². The highest BCUT2D eigenvalue weighted by Crippen LogP contribution is 2.23. The van der Waals surface area contributed by atoms with E-state index in [-0.39, 0.29) is 12.1 Å². The number of nitrogens with one attached hydrogen (secondary N) is 2. The molecule has 0 aromatic heterocycles. The van der Waals surface area contributed by atoms with Crippen molar-refractivity contribution >= 4 is 10.2 Å². The van der Waals surface area contributed by atoms with Crippen LogP contribution in [0.3, 0.4) is 0 Å². The molecule has 0 radical (unpaired) electrons. The van der Waals surface area contributed by atoms with Crippen LogP contribution in [0.1, 0.15) is 58.8 Å². The summed E-state index contributed by atoms with van der Waals surface area (Å²) in [5.74, 6) is 0. The maximum absolute atomic E-state index is 12.5. The highest BCUT2D eigenvalue weighted by atomic mass is 32.2. The van der Waals surface area contributed by atoms with Gasteiger partial charge in [0.25, 0.3) is 10.2 Å². The third-order valence-electron chi connectivity index (χ3n) is 4.17. The van der Waals surface area contributed by atoms with Gasteiger partial charge in [0, 0.05) is 31.2 Å². The summed E-state index contributed by atoms with van der Waals surface area (Å²) in [6, 6.07) is 0.771. The first-order chi connectivity index (χ1) is 9.53. The first-order valence-electron chi connectivity index (χ1n) is 8.05. The molecule has 0 aromatic carbocycles. The van der Waals surface area contributed by atoms with Crippen LogP contribution in [-0.2, 0) is 10.2 Å². The van der Waals surface area contributed by atoms with Crippen LogP contribution in [0.25, 0.3) is 0 Å². The molecule has 118 valence electrons. The third kappa shape index (κ3) is 4.69. The molecule has 1 saturated heterocycles. The smallest absolute Gasteiger partial charge is 0.279 e. The van der Waals surface area contributed by atoms with Crippen molar-refractivity contribution in [3.8, 4) is 0 Å². The van der Waals surface area contributed by atoms with Gasteiger partial charge in [-0.05, 0) is 39.0 Å². The van der Waals surface area contributed by atoms with Crippen LogP contribution >= 0.6 is 0 Å². The largest absolute Gasteiger partial charge is 0.312 e. The highest BCUT2D eigenvalue weighted by Gasteiger charge is 2.33. The van der Waals surface area contributed by atoms with Gasteiger partial charge in [0.15, 0.2) is 0 Å². The average molecular weight is 303 g/mol. The molecule has 1 saturated carbocycles. The minimum absolute atomic E-state index is 0.0176. The molecule has 2 unspecified atom stereocenters. The second kappa shape index (κ2) is 7.20. The van der Waals surface area contributed by atoms with Gasteiger partial charge in [-0.3, -0.25) is 0 Å². The molecule has 1 heterocycles. The van der Waals surface area contributed by atoms with Crippen molar-refractivity contribution in [3.63, 3.8) is 0 Å². The van der Waals surface area contributed by atoms with Gasteiger partial charge >= 0.3 is 0 Å². The minimum atomic E-state index is -3.34. The Kier molecular flexibility index (Phi) is 5.84. The van der Waals surface area contributed by atoms with Crippen molar-refractivity contribution in [1.29, 1.82) is 0 Å². The summed E-state index contributed by atoms with van der Waals surface area (Å²) in [5, 5.41) is 3.47. The van der Waals surface area contributed by atoms with E-state index in [0.29, 0.717) is 12.6 Å². The standard InChI is InChI=1S/C14H29N3O2S/c1-3-6-12(2)16-20(18,19)17-10-5-4-7-14(17)11-15-13-8-9-13/h12-16H,3-11H2,1-2H3. The Morgan fingerprint density at radius 2 is 2.00 bits per heavy atom. The second-order valence-electron chi connectivity index (χ2n) is 6.26. The maximum Gasteiger partial charge on any atom is 0.279 e. The molecule has 2 N–H and O–H groups in total. The van der Waals surface area contributed by atoms with E-state index in [2.05, 4.69) is 17.0 Å². The summed E-state index contributed by atoms with van der Waals surface area (Å²) in [6.07, 6.45) is 7.45. The van der Waals surface area contributed by atoms with E-state index in [9.17, 15) is 8.42 Å². The van der Waals surface area contributed by atoms with Gasteiger partial charge in [-0.2, -0.15) is 17.4 Å². The summed E-state index contributed by atoms with van der Waals surface area (Å²) < 4.78 is 29.6. The highest BCUT2D eigenvalue weighted by molar-refractivity contribution is 7.87. The van der Waals surface area contributed by atoms with Gasteiger partial charge in [-0.15, -0.1) is 0 Å². The molecule has 0 amide bonds. The first kappa shape index (κ1) is 16.2. The monoisotopic (exact) mass is 303 g/mol. The lowest BCUT2D eigenvalue weighted by atomic mass is 10.1. The molecule has 0 bridgehead atoms. The Morgan fingerprint density at radius 1 is 1.25 bits per heavy atom. The predicted octanol–water partition coefficient (Wildman–Crippen LogP) is 1.62. The van der Waals surface area contributed by atoms with Crippen molar-refractivity contribution in [2.45, 2.75) is 76.9 Å². The summed E-state index contributed by atoms with van der Waals surface area (Å²) in [5.41, 5.74) is 0. The van der Waals surface area contributed by atoms with Crippen molar-refractivity contribution in [2.75, 3.05) is 13.1 Å². The van der Waals surface area contributed by atoms with Crippen LogP contribution in [-0.4, -0.2) is 43.9 Å². The third-order valence-corrected chi connectivity index (χ3v) is 5.97. The van der Waals surface area contributed by atoms with Crippen LogP contribution in [0.4, 0.5) is 0 Å². The molecular formula is C14H29N3O2S. The number of hydrogen-bond acceptors (Lipinski definition) is 3. The number of piperidine rings is 1. The lowest BCUT2D eigenvalue weighted by molar-refractivity contribution is 0.241. The van der Waals surface area contributed by atoms with E-state index < -0.39 is 10.2 Å². The molecular weight excluding hydrogens is 274 g/mol. The molecule has 2 rings (SSSR count). The zero-order valence-corrected chi connectivity index (χ0v) is 13.6. The topological polar surface area (TPSA) is 61.4 Å². The zero-order chi connectivity index (χ0) is 14.6. The molecule has 5 nitrogen and oxygen atoms in total. The van der Waals surface area contributed by atoms with E-state index in [4.69, 9.17) is 0 Å². The Labute approximate surface area is 123 Å². The lowest BCUT2D eigenvalue weighted by Crippen LogP contribution is -2.54. The fourth-order valence-corrected chi connectivity index (χ4v) is 4.60. The molecule has 2 atom stereocenters. The SMILES string of the molecule is CCCC(C)NS(=O)(=O)N1CCCCC1CNC1CC1. The zero-order valence-electron chi connectivity index (χ0n) is 12.8. The first-order valence-corrected chi connectivity index (χ1v) is 9.49. The van der Waals surface area contributed by atoms with Gasteiger partial charge in [0.05, 0.1) is 0 Å². The molecule has 20 heavy (non-hydrogen) atoms. The quantitative estimate of drug-likeness (QED) is 0.716. The fourth-order valence-electron chi connectivity index (χ4n) is 2.90. The number of hydrogen-bond donors (Lipinski definition) is 2. The Bertz CT molecular complexity index is 395. The van der Waals surface area contributed by atoms with E-state index in [1.54, 1.807) is 4.31 Å². The van der Waals surface area contributed by atoms with Crippen LogP contribution in [0.15, 0.2) is 0 Å². The molecule has 2 aliphatic rings. The van der Waals surface area contributed by atoms with E-state index in [0.717, 1.165) is 38.6 Å². The molecule has 2 fully saturated rings. The molecule has 1 aliphatic heterocycles. The van der Waals surface area contributed by atoms with E-state index in [1.165, 1.54) is 12.8 Å². The van der Waals surface area contributed by atoms with Crippen molar-refractivity contribution in [3.05, 3.63) is 0 Å². The predicted molar refractivity (Wildman–Crippen MR) is 81.8 cm³/mol. The minimum Gasteiger partial charge on any atom is -0.312 e. The van der Waals surface area contributed by atoms with Gasteiger partial charge in [-0.1, -0.05) is 19.8 Å². The molecule has 0 aromatic rings. The van der Waals surface area contributed by atoms with Crippen LogP contribution in [0.5, 0.6) is 0 Å². The molecule has 0 spiro atoms. The second-order valence-corrected chi connectivity index (χ2v) is 7.91. The van der Waals surface area contributed by atoms with Crippen molar-refractivity contribution < 1.29 is 8.42 Å². The summed E-state index contributed by atoms with van der Waals surface area (Å²) in [7, 11) is -3.34. The van der Waals surface area contributed by atoms with Crippen LogP contribution in [0.2, 0.25) is 0 Å². The Hall–Kier alpha value is -0.170. The fraction of sp³-hybridized carbons (Fsp3) is 1.00. The summed E-state index contributed by atoms with van der Waals surface area (Å²) in [4.78, 5) is 0. The number of nitrogens with zero attached hydrogens (tertiary/aromatic N) is 1. The Morgan fingerprint density at radius 3 is 2.65 bits per heavy atom. The van der Waals surface area contributed by atoms with E-state index in [1.807, 2.05) is 6.92 Å². The van der Waals surface area contributed by atoms with Crippen molar-refractivity contribution in [2.24, 2.45) is 0 Å². The van der Waals surface area contributed by atoms with Crippen molar-refractivity contribution in [1.82, 2.24) is 14.3 Å². The van der Waals surface area contributed by atoms with Crippen LogP contribution in [0, 0.1) is 0 Å². The van der Waals surface area contributed by atoms with Gasteiger partial charge in [0.1, 0.15) is 0 Å². The maximum atomic E-state index is 12.5. The number of rotatable bonds is 8. The lowest BCUT2D eigenvalue weighted by Gasteiger charge is -2.35. The van der Waals surface area contributed by atoms with E-state index >= 15 is 0 Å². The summed E-state index contributed by atoms with van der Waals surface area (Å²) in [6.45, 7) is 5.48. The Balaban J connectivity index is 1.93. The van der Waals surface area contributed by atoms with Gasteiger partial charge in [0.2, 0.25) is 0 Å². The average Bonchev–Trinajstić information content (AvgIpc) is 3.20. The molecule has 6 heteroatoms. The van der Waals surface area contributed by atoms with Gasteiger partial charge in [-0.25, -0.2) is 0 Å². The summed E-state index contributed by atoms with van der Waals surface area (Å²) >= 11 is 0.